The van der Waals surface area contributed by atoms with Crippen molar-refractivity contribution in [2.24, 2.45) is 11.0 Å². The van der Waals surface area contributed by atoms with E-state index >= 15 is 0 Å². The summed E-state index contributed by atoms with van der Waals surface area (Å²) in [5.74, 6) is 0.213. The normalized spacial score (nSPS) is 21.4. The highest BCUT2D eigenvalue weighted by atomic mass is 16.5. The van der Waals surface area contributed by atoms with Gasteiger partial charge in [-0.2, -0.15) is 0 Å². The number of benzene rings is 1. The van der Waals surface area contributed by atoms with Crippen LogP contribution in [0.4, 0.5) is 5.69 Å². The molecule has 6 heteroatoms. The summed E-state index contributed by atoms with van der Waals surface area (Å²) in [6.45, 7) is 2.28. The van der Waals surface area contributed by atoms with Crippen LogP contribution in [0, 0.1) is 5.92 Å². The molecule has 98 valence electrons. The molecular formula is C13H14N4O2. The lowest BCUT2D eigenvalue weighted by Gasteiger charge is -2.17. The summed E-state index contributed by atoms with van der Waals surface area (Å²) in [6.07, 6.45) is 0.451. The van der Waals surface area contributed by atoms with E-state index in [1.165, 1.54) is 5.56 Å². The van der Waals surface area contributed by atoms with Crippen molar-refractivity contribution in [1.82, 2.24) is 0 Å². The van der Waals surface area contributed by atoms with E-state index in [2.05, 4.69) is 10.0 Å². The number of azide groups is 1. The minimum Gasteiger partial charge on any atom is -0.372 e. The Bertz CT molecular complexity index is 566. The number of carbonyl (C=O) groups excluding carboxylic acids is 1. The van der Waals surface area contributed by atoms with Crippen molar-refractivity contribution < 1.29 is 9.53 Å². The largest absolute Gasteiger partial charge is 0.372 e. The summed E-state index contributed by atoms with van der Waals surface area (Å²) in [7, 11) is 0. The molecule has 6 nitrogen and oxygen atoms in total. The Morgan fingerprint density at radius 2 is 2.26 bits per heavy atom. The van der Waals surface area contributed by atoms with Crippen molar-refractivity contribution in [2.45, 2.75) is 19.6 Å². The van der Waals surface area contributed by atoms with E-state index in [1.54, 1.807) is 4.90 Å². The molecule has 1 unspecified atom stereocenters. The number of fused-ring (bicyclic) bond motifs is 1. The molecule has 2 heterocycles. The summed E-state index contributed by atoms with van der Waals surface area (Å²) in [6, 6.07) is 6.00. The predicted molar refractivity (Wildman–Crippen MR) is 69.4 cm³/mol. The van der Waals surface area contributed by atoms with Gasteiger partial charge in [0.05, 0.1) is 13.2 Å². The quantitative estimate of drug-likeness (QED) is 0.474. The first kappa shape index (κ1) is 12.0. The van der Waals surface area contributed by atoms with Gasteiger partial charge in [0, 0.05) is 30.1 Å². The molecule has 0 aliphatic carbocycles. The van der Waals surface area contributed by atoms with Gasteiger partial charge in [-0.05, 0) is 34.7 Å². The molecule has 1 aromatic rings. The molecule has 1 fully saturated rings. The molecular weight excluding hydrogens is 244 g/mol. The van der Waals surface area contributed by atoms with Gasteiger partial charge < -0.3 is 9.64 Å². The van der Waals surface area contributed by atoms with E-state index in [0.717, 1.165) is 11.3 Å². The second kappa shape index (κ2) is 4.91. The average Bonchev–Trinajstić information content (AvgIpc) is 3.01. The molecule has 0 radical (unpaired) electrons. The van der Waals surface area contributed by atoms with E-state index < -0.39 is 0 Å². The topological polar surface area (TPSA) is 78.3 Å². The maximum absolute atomic E-state index is 12.0. The molecule has 19 heavy (non-hydrogen) atoms. The van der Waals surface area contributed by atoms with Crippen LogP contribution in [0.2, 0.25) is 0 Å². The van der Waals surface area contributed by atoms with Crippen LogP contribution in [-0.4, -0.2) is 19.0 Å². The number of carbonyl (C=O) groups is 1. The van der Waals surface area contributed by atoms with E-state index in [1.807, 2.05) is 18.2 Å². The molecule has 0 N–H and O–H groups in total. The predicted octanol–water partition coefficient (Wildman–Crippen LogP) is 2.38. The van der Waals surface area contributed by atoms with Crippen LogP contribution in [0.3, 0.4) is 0 Å². The van der Waals surface area contributed by atoms with Gasteiger partial charge in [-0.1, -0.05) is 11.2 Å². The van der Waals surface area contributed by atoms with Gasteiger partial charge in [-0.25, -0.2) is 0 Å². The van der Waals surface area contributed by atoms with Crippen molar-refractivity contribution >= 4 is 11.6 Å². The minimum atomic E-state index is 0.0944. The summed E-state index contributed by atoms with van der Waals surface area (Å²) < 4.78 is 5.38. The second-order valence-electron chi connectivity index (χ2n) is 4.93. The number of amides is 1. The lowest BCUT2D eigenvalue weighted by molar-refractivity contribution is -0.117. The monoisotopic (exact) mass is 258 g/mol. The van der Waals surface area contributed by atoms with Gasteiger partial charge in [0.1, 0.15) is 0 Å². The minimum absolute atomic E-state index is 0.0944. The van der Waals surface area contributed by atoms with E-state index in [-0.39, 0.29) is 11.8 Å². The van der Waals surface area contributed by atoms with Gasteiger partial charge in [-0.3, -0.25) is 4.79 Å². The fourth-order valence-electron chi connectivity index (χ4n) is 2.63. The highest BCUT2D eigenvalue weighted by molar-refractivity contribution is 5.95. The summed E-state index contributed by atoms with van der Waals surface area (Å²) >= 11 is 0. The second-order valence-corrected chi connectivity index (χ2v) is 4.93. The van der Waals surface area contributed by atoms with Crippen LogP contribution in [0.15, 0.2) is 23.3 Å². The van der Waals surface area contributed by atoms with Crippen LogP contribution in [0.25, 0.3) is 10.4 Å². The number of hydrogen-bond donors (Lipinski definition) is 0. The van der Waals surface area contributed by atoms with Gasteiger partial charge >= 0.3 is 0 Å². The van der Waals surface area contributed by atoms with Crippen molar-refractivity contribution in [3.05, 3.63) is 39.8 Å². The fourth-order valence-corrected chi connectivity index (χ4v) is 2.63. The summed E-state index contributed by atoms with van der Waals surface area (Å²) in [5.41, 5.74) is 11.6. The molecule has 1 aromatic carbocycles. The van der Waals surface area contributed by atoms with E-state index in [9.17, 15) is 4.79 Å². The van der Waals surface area contributed by atoms with Crippen LogP contribution in [0.5, 0.6) is 0 Å². The van der Waals surface area contributed by atoms with Gasteiger partial charge in [0.25, 0.3) is 0 Å². The van der Waals surface area contributed by atoms with Crippen LogP contribution in [-0.2, 0) is 22.7 Å². The van der Waals surface area contributed by atoms with E-state index in [0.29, 0.717) is 32.7 Å². The Morgan fingerprint density at radius 1 is 1.42 bits per heavy atom. The molecule has 1 atom stereocenters. The maximum Gasteiger partial charge on any atom is 0.227 e. The molecule has 1 amide bonds. The lowest BCUT2D eigenvalue weighted by Crippen LogP contribution is -2.24. The van der Waals surface area contributed by atoms with Gasteiger partial charge in [0.15, 0.2) is 0 Å². The van der Waals surface area contributed by atoms with Crippen molar-refractivity contribution in [3.63, 3.8) is 0 Å². The molecule has 2 aliphatic rings. The zero-order chi connectivity index (χ0) is 13.2. The third-order valence-electron chi connectivity index (χ3n) is 3.62. The maximum atomic E-state index is 12.0. The number of ether oxygens (including phenoxy) is 1. The third-order valence-corrected chi connectivity index (χ3v) is 3.62. The van der Waals surface area contributed by atoms with Gasteiger partial charge in [0.2, 0.25) is 5.91 Å². The van der Waals surface area contributed by atoms with Crippen LogP contribution in [0.1, 0.15) is 17.5 Å². The number of anilines is 1. The highest BCUT2D eigenvalue weighted by Gasteiger charge is 2.30. The Kier molecular flexibility index (Phi) is 3.11. The number of nitrogens with zero attached hydrogens (tertiary/aromatic N) is 4. The SMILES string of the molecule is [N-]=[N+]=NCC1CC(=O)N(c2ccc3c(c2)COC3)C1. The number of rotatable bonds is 3. The Balaban J connectivity index is 1.79. The standard InChI is InChI=1S/C13H14N4O2/c14-16-15-5-9-3-13(18)17(6-9)12-2-1-10-7-19-8-11(10)4-12/h1-2,4,9H,3,5-8H2. The molecule has 0 bridgehead atoms. The zero-order valence-electron chi connectivity index (χ0n) is 10.5. The smallest absolute Gasteiger partial charge is 0.227 e. The molecule has 0 saturated carbocycles. The summed E-state index contributed by atoms with van der Waals surface area (Å²) in [4.78, 5) is 16.5. The van der Waals surface area contributed by atoms with Crippen molar-refractivity contribution in [1.29, 1.82) is 0 Å². The average molecular weight is 258 g/mol. The van der Waals surface area contributed by atoms with Crippen molar-refractivity contribution in [2.75, 3.05) is 18.0 Å². The van der Waals surface area contributed by atoms with E-state index in [4.69, 9.17) is 10.3 Å². The molecule has 3 rings (SSSR count). The Hall–Kier alpha value is -2.04. The Morgan fingerprint density at radius 3 is 3.11 bits per heavy atom. The van der Waals surface area contributed by atoms with Crippen LogP contribution < -0.4 is 4.90 Å². The summed E-state index contributed by atoms with van der Waals surface area (Å²) in [5, 5.41) is 3.56. The number of hydrogen-bond acceptors (Lipinski definition) is 3. The van der Waals surface area contributed by atoms with Gasteiger partial charge in [-0.15, -0.1) is 0 Å². The molecule has 1 saturated heterocycles. The molecule has 0 aromatic heterocycles. The van der Waals surface area contributed by atoms with Crippen molar-refractivity contribution in [3.8, 4) is 0 Å². The molecule has 2 aliphatic heterocycles. The lowest BCUT2D eigenvalue weighted by atomic mass is 10.1. The first-order chi connectivity index (χ1) is 9.28. The highest BCUT2D eigenvalue weighted by Crippen LogP contribution is 2.29. The first-order valence-electron chi connectivity index (χ1n) is 6.28. The third kappa shape index (κ3) is 2.28. The zero-order valence-corrected chi connectivity index (χ0v) is 10.5. The fraction of sp³-hybridized carbons (Fsp3) is 0.462. The molecule has 0 spiro atoms. The Labute approximate surface area is 110 Å². The van der Waals surface area contributed by atoms with Crippen LogP contribution >= 0.6 is 0 Å². The first-order valence-corrected chi connectivity index (χ1v) is 6.28.